The minimum atomic E-state index is -0.343. The van der Waals surface area contributed by atoms with Gasteiger partial charge in [0.1, 0.15) is 0 Å². The van der Waals surface area contributed by atoms with Crippen LogP contribution in [0.3, 0.4) is 0 Å². The lowest BCUT2D eigenvalue weighted by Crippen LogP contribution is -2.42. The van der Waals surface area contributed by atoms with Crippen molar-refractivity contribution in [3.05, 3.63) is 27.1 Å². The molecule has 1 aromatic heterocycles. The van der Waals surface area contributed by atoms with Gasteiger partial charge in [0.25, 0.3) is 0 Å². The van der Waals surface area contributed by atoms with E-state index < -0.39 is 0 Å². The molecule has 6 heteroatoms. The number of hydrogen-bond acceptors (Lipinski definition) is 5. The van der Waals surface area contributed by atoms with Crippen molar-refractivity contribution >= 4 is 16.3 Å². The SMILES string of the molecule is O=[N+]([O-])c1ccc(C2CNCCN2)s1. The lowest BCUT2D eigenvalue weighted by molar-refractivity contribution is -0.380. The number of piperazine rings is 1. The molecule has 1 aliphatic rings. The van der Waals surface area contributed by atoms with Gasteiger partial charge >= 0.3 is 5.00 Å². The van der Waals surface area contributed by atoms with E-state index in [-0.39, 0.29) is 16.0 Å². The number of rotatable bonds is 2. The summed E-state index contributed by atoms with van der Waals surface area (Å²) >= 11 is 1.25. The second-order valence-corrected chi connectivity index (χ2v) is 4.24. The predicted molar refractivity (Wildman–Crippen MR) is 54.6 cm³/mol. The maximum atomic E-state index is 10.5. The number of hydrogen-bond donors (Lipinski definition) is 2. The van der Waals surface area contributed by atoms with Gasteiger partial charge in [0.15, 0.2) is 0 Å². The van der Waals surface area contributed by atoms with Gasteiger partial charge in [0, 0.05) is 30.6 Å². The second-order valence-electron chi connectivity index (χ2n) is 3.14. The highest BCUT2D eigenvalue weighted by atomic mass is 32.1. The third-order valence-electron chi connectivity index (χ3n) is 2.18. The van der Waals surface area contributed by atoms with Crippen LogP contribution in [0, 0.1) is 10.1 Å². The van der Waals surface area contributed by atoms with Crippen LogP contribution in [-0.2, 0) is 0 Å². The third kappa shape index (κ3) is 1.92. The average Bonchev–Trinajstić information content (AvgIpc) is 2.68. The zero-order chi connectivity index (χ0) is 9.97. The first-order valence-corrected chi connectivity index (χ1v) is 5.27. The van der Waals surface area contributed by atoms with Crippen molar-refractivity contribution < 1.29 is 4.92 Å². The van der Waals surface area contributed by atoms with E-state index in [9.17, 15) is 10.1 Å². The summed E-state index contributed by atoms with van der Waals surface area (Å²) in [6.45, 7) is 2.72. The Balaban J connectivity index is 2.11. The fourth-order valence-corrected chi connectivity index (χ4v) is 2.38. The van der Waals surface area contributed by atoms with Gasteiger partial charge in [-0.3, -0.25) is 10.1 Å². The molecule has 5 nitrogen and oxygen atoms in total. The highest BCUT2D eigenvalue weighted by molar-refractivity contribution is 7.15. The van der Waals surface area contributed by atoms with Crippen molar-refractivity contribution in [3.63, 3.8) is 0 Å². The first-order chi connectivity index (χ1) is 6.77. The molecule has 2 rings (SSSR count). The van der Waals surface area contributed by atoms with E-state index in [1.54, 1.807) is 6.07 Å². The molecule has 1 aliphatic heterocycles. The molecule has 0 amide bonds. The molecule has 1 atom stereocenters. The quantitative estimate of drug-likeness (QED) is 0.565. The Morgan fingerprint density at radius 2 is 2.36 bits per heavy atom. The molecular formula is C8H11N3O2S. The molecule has 1 fully saturated rings. The Bertz CT molecular complexity index is 333. The standard InChI is InChI=1S/C8H11N3O2S/c12-11(13)8-2-1-7(14-8)6-5-9-3-4-10-6/h1-2,6,9-10H,3-5H2. The van der Waals surface area contributed by atoms with Crippen molar-refractivity contribution in [1.29, 1.82) is 0 Å². The van der Waals surface area contributed by atoms with Crippen LogP contribution in [0.2, 0.25) is 0 Å². The molecule has 0 aromatic carbocycles. The van der Waals surface area contributed by atoms with Crippen molar-refractivity contribution in [3.8, 4) is 0 Å². The molecule has 0 aliphatic carbocycles. The molecule has 0 radical (unpaired) electrons. The fourth-order valence-electron chi connectivity index (χ4n) is 1.48. The van der Waals surface area contributed by atoms with Gasteiger partial charge in [-0.15, -0.1) is 0 Å². The summed E-state index contributed by atoms with van der Waals surface area (Å²) in [6, 6.07) is 3.62. The molecule has 1 saturated heterocycles. The number of nitro groups is 1. The van der Waals surface area contributed by atoms with Crippen LogP contribution in [0.25, 0.3) is 0 Å². The monoisotopic (exact) mass is 213 g/mol. The summed E-state index contributed by atoms with van der Waals surface area (Å²) in [4.78, 5) is 11.2. The largest absolute Gasteiger partial charge is 0.324 e. The van der Waals surface area contributed by atoms with Crippen molar-refractivity contribution in [2.45, 2.75) is 6.04 Å². The first-order valence-electron chi connectivity index (χ1n) is 4.45. The van der Waals surface area contributed by atoms with Crippen LogP contribution < -0.4 is 10.6 Å². The van der Waals surface area contributed by atoms with Gasteiger partial charge in [0.05, 0.1) is 11.0 Å². The summed E-state index contributed by atoms with van der Waals surface area (Å²) < 4.78 is 0. The van der Waals surface area contributed by atoms with E-state index in [1.807, 2.05) is 6.07 Å². The molecule has 1 unspecified atom stereocenters. The van der Waals surface area contributed by atoms with Gasteiger partial charge in [-0.1, -0.05) is 11.3 Å². The van der Waals surface area contributed by atoms with Crippen molar-refractivity contribution in [2.24, 2.45) is 0 Å². The van der Waals surface area contributed by atoms with Crippen LogP contribution in [-0.4, -0.2) is 24.6 Å². The van der Waals surface area contributed by atoms with Gasteiger partial charge in [-0.2, -0.15) is 0 Å². The van der Waals surface area contributed by atoms with Gasteiger partial charge in [0.2, 0.25) is 0 Å². The van der Waals surface area contributed by atoms with Crippen LogP contribution in [0.4, 0.5) is 5.00 Å². The van der Waals surface area contributed by atoms with E-state index in [1.165, 1.54) is 11.3 Å². The number of nitrogens with one attached hydrogen (secondary N) is 2. The van der Waals surface area contributed by atoms with E-state index in [2.05, 4.69) is 10.6 Å². The van der Waals surface area contributed by atoms with Crippen LogP contribution in [0.5, 0.6) is 0 Å². The molecule has 0 saturated carbocycles. The lowest BCUT2D eigenvalue weighted by atomic mass is 10.2. The molecule has 1 aromatic rings. The summed E-state index contributed by atoms with van der Waals surface area (Å²) in [5.74, 6) is 0. The molecule has 0 spiro atoms. The maximum Gasteiger partial charge on any atom is 0.324 e. The Morgan fingerprint density at radius 1 is 1.50 bits per heavy atom. The molecule has 14 heavy (non-hydrogen) atoms. The molecule has 2 heterocycles. The summed E-state index contributed by atoms with van der Waals surface area (Å²) in [5, 5.41) is 17.3. The van der Waals surface area contributed by atoms with E-state index in [0.717, 1.165) is 24.5 Å². The third-order valence-corrected chi connectivity index (χ3v) is 3.33. The smallest absolute Gasteiger partial charge is 0.314 e. The zero-order valence-electron chi connectivity index (χ0n) is 7.53. The molecule has 0 bridgehead atoms. The summed E-state index contributed by atoms with van der Waals surface area (Å²) in [5.41, 5.74) is 0. The number of nitrogens with zero attached hydrogens (tertiary/aromatic N) is 1. The minimum absolute atomic E-state index is 0.215. The fraction of sp³-hybridized carbons (Fsp3) is 0.500. The van der Waals surface area contributed by atoms with E-state index in [4.69, 9.17) is 0 Å². The molecule has 2 N–H and O–H groups in total. The van der Waals surface area contributed by atoms with Gasteiger partial charge in [-0.25, -0.2) is 0 Å². The van der Waals surface area contributed by atoms with Gasteiger partial charge < -0.3 is 10.6 Å². The number of thiophene rings is 1. The first kappa shape index (κ1) is 9.57. The van der Waals surface area contributed by atoms with Crippen molar-refractivity contribution in [1.82, 2.24) is 10.6 Å². The Morgan fingerprint density at radius 3 is 2.93 bits per heavy atom. The minimum Gasteiger partial charge on any atom is -0.314 e. The van der Waals surface area contributed by atoms with E-state index in [0.29, 0.717) is 0 Å². The molecule has 76 valence electrons. The second kappa shape index (κ2) is 4.04. The summed E-state index contributed by atoms with van der Waals surface area (Å²) in [6.07, 6.45) is 0. The average molecular weight is 213 g/mol. The highest BCUT2D eigenvalue weighted by Crippen LogP contribution is 2.28. The maximum absolute atomic E-state index is 10.5. The normalized spacial score (nSPS) is 22.1. The Kier molecular flexibility index (Phi) is 2.76. The Labute approximate surface area is 85.3 Å². The zero-order valence-corrected chi connectivity index (χ0v) is 8.34. The van der Waals surface area contributed by atoms with Gasteiger partial charge in [-0.05, 0) is 6.07 Å². The molecular weight excluding hydrogens is 202 g/mol. The highest BCUT2D eigenvalue weighted by Gasteiger charge is 2.19. The van der Waals surface area contributed by atoms with Crippen molar-refractivity contribution in [2.75, 3.05) is 19.6 Å². The predicted octanol–water partition coefficient (Wildman–Crippen LogP) is 0.890. The summed E-state index contributed by atoms with van der Waals surface area (Å²) in [7, 11) is 0. The lowest BCUT2D eigenvalue weighted by Gasteiger charge is -2.23. The van der Waals surface area contributed by atoms with Crippen LogP contribution in [0.1, 0.15) is 10.9 Å². The van der Waals surface area contributed by atoms with Crippen LogP contribution >= 0.6 is 11.3 Å². The topological polar surface area (TPSA) is 67.2 Å². The van der Waals surface area contributed by atoms with E-state index >= 15 is 0 Å². The Hall–Kier alpha value is -0.980. The van der Waals surface area contributed by atoms with Crippen LogP contribution in [0.15, 0.2) is 12.1 Å².